The Morgan fingerprint density at radius 1 is 1.45 bits per heavy atom. The first-order valence-corrected chi connectivity index (χ1v) is 7.84. The van der Waals surface area contributed by atoms with E-state index in [2.05, 4.69) is 19.7 Å². The van der Waals surface area contributed by atoms with E-state index in [1.54, 1.807) is 6.26 Å². The molecule has 0 aliphatic rings. The minimum absolute atomic E-state index is 0.0835. The van der Waals surface area contributed by atoms with Crippen molar-refractivity contribution < 1.29 is 9.21 Å². The molecular formula is C15H16N4O2S. The number of furan rings is 1. The molecule has 0 aliphatic carbocycles. The van der Waals surface area contributed by atoms with Gasteiger partial charge in [-0.15, -0.1) is 0 Å². The van der Waals surface area contributed by atoms with Crippen LogP contribution in [0.25, 0.3) is 0 Å². The molecule has 0 unspecified atom stereocenters. The number of nitrogens with zero attached hydrogens (tertiary/aromatic N) is 3. The van der Waals surface area contributed by atoms with Gasteiger partial charge in [0.1, 0.15) is 12.1 Å². The number of hydrogen-bond acceptors (Lipinski definition) is 5. The molecule has 22 heavy (non-hydrogen) atoms. The number of H-pyrrole nitrogens is 1. The van der Waals surface area contributed by atoms with Gasteiger partial charge in [0.05, 0.1) is 18.6 Å². The van der Waals surface area contributed by atoms with Crippen LogP contribution in [0.2, 0.25) is 0 Å². The summed E-state index contributed by atoms with van der Waals surface area (Å²) in [6.07, 6.45) is 3.09. The minimum Gasteiger partial charge on any atom is -0.467 e. The smallest absolute Gasteiger partial charge is 0.183 e. The average molecular weight is 316 g/mol. The van der Waals surface area contributed by atoms with Gasteiger partial charge in [0.25, 0.3) is 0 Å². The molecule has 3 aromatic rings. The summed E-state index contributed by atoms with van der Waals surface area (Å²) in [5.41, 5.74) is 2.75. The number of rotatable bonds is 6. The van der Waals surface area contributed by atoms with E-state index >= 15 is 0 Å². The predicted molar refractivity (Wildman–Crippen MR) is 83.2 cm³/mol. The number of hydrogen-bond donors (Lipinski definition) is 1. The summed E-state index contributed by atoms with van der Waals surface area (Å²) in [5.74, 6) is 1.29. The van der Waals surface area contributed by atoms with E-state index in [0.29, 0.717) is 17.5 Å². The lowest BCUT2D eigenvalue weighted by Crippen LogP contribution is -2.07. The van der Waals surface area contributed by atoms with Gasteiger partial charge >= 0.3 is 0 Å². The van der Waals surface area contributed by atoms with Gasteiger partial charge in [-0.05, 0) is 32.0 Å². The molecule has 3 heterocycles. The van der Waals surface area contributed by atoms with Gasteiger partial charge < -0.3 is 8.98 Å². The lowest BCUT2D eigenvalue weighted by Gasteiger charge is -2.07. The maximum absolute atomic E-state index is 12.4. The molecular weight excluding hydrogens is 300 g/mol. The Morgan fingerprint density at radius 3 is 3.00 bits per heavy atom. The van der Waals surface area contributed by atoms with Gasteiger partial charge in [-0.3, -0.25) is 9.89 Å². The van der Waals surface area contributed by atoms with E-state index < -0.39 is 0 Å². The highest BCUT2D eigenvalue weighted by molar-refractivity contribution is 7.99. The molecule has 0 amide bonds. The maximum Gasteiger partial charge on any atom is 0.183 e. The van der Waals surface area contributed by atoms with Crippen LogP contribution in [-0.4, -0.2) is 31.3 Å². The highest BCUT2D eigenvalue weighted by Gasteiger charge is 2.17. The molecule has 6 nitrogen and oxygen atoms in total. The lowest BCUT2D eigenvalue weighted by atomic mass is 10.2. The van der Waals surface area contributed by atoms with Crippen molar-refractivity contribution >= 4 is 17.5 Å². The molecule has 0 fully saturated rings. The number of nitrogens with one attached hydrogen (secondary N) is 1. The molecule has 1 N–H and O–H groups in total. The summed E-state index contributed by atoms with van der Waals surface area (Å²) in [5, 5.41) is 7.16. The van der Waals surface area contributed by atoms with Crippen LogP contribution in [0.5, 0.6) is 0 Å². The zero-order valence-corrected chi connectivity index (χ0v) is 13.2. The number of aromatic nitrogens is 4. The summed E-state index contributed by atoms with van der Waals surface area (Å²) < 4.78 is 7.47. The molecule has 114 valence electrons. The molecule has 0 spiro atoms. The van der Waals surface area contributed by atoms with Gasteiger partial charge in [0.15, 0.2) is 10.9 Å². The van der Waals surface area contributed by atoms with E-state index in [0.717, 1.165) is 22.7 Å². The maximum atomic E-state index is 12.4. The molecule has 0 atom stereocenters. The Labute approximate surface area is 131 Å². The molecule has 7 heteroatoms. The van der Waals surface area contributed by atoms with Crippen molar-refractivity contribution in [1.82, 2.24) is 19.7 Å². The number of carbonyl (C=O) groups excluding carboxylic acids is 1. The van der Waals surface area contributed by atoms with Crippen LogP contribution in [-0.2, 0) is 6.54 Å². The standard InChI is InChI=1S/C15H16N4O2S/c1-10-6-13(14(20)8-22-15-16-9-17-18-15)11(2)19(10)7-12-4-3-5-21-12/h3-6,9H,7-8H2,1-2H3,(H,16,17,18). The van der Waals surface area contributed by atoms with Crippen LogP contribution in [0, 0.1) is 13.8 Å². The fraction of sp³-hybridized carbons (Fsp3) is 0.267. The van der Waals surface area contributed by atoms with Crippen molar-refractivity contribution in [3.05, 3.63) is 53.5 Å². The van der Waals surface area contributed by atoms with Crippen LogP contribution in [0.1, 0.15) is 27.5 Å². The Hall–Kier alpha value is -2.28. The van der Waals surface area contributed by atoms with Crippen LogP contribution in [0.15, 0.2) is 40.4 Å². The van der Waals surface area contributed by atoms with Crippen molar-refractivity contribution in [1.29, 1.82) is 0 Å². The largest absolute Gasteiger partial charge is 0.467 e. The molecule has 3 rings (SSSR count). The van der Waals surface area contributed by atoms with E-state index in [1.807, 2.05) is 32.0 Å². The molecule has 3 aromatic heterocycles. The van der Waals surface area contributed by atoms with Gasteiger partial charge in [-0.1, -0.05) is 11.8 Å². The van der Waals surface area contributed by atoms with Crippen LogP contribution in [0.4, 0.5) is 0 Å². The second kappa shape index (κ2) is 6.23. The first-order valence-electron chi connectivity index (χ1n) is 6.85. The topological polar surface area (TPSA) is 76.7 Å². The number of carbonyl (C=O) groups is 1. The van der Waals surface area contributed by atoms with E-state index in [1.165, 1.54) is 18.1 Å². The third-order valence-electron chi connectivity index (χ3n) is 3.50. The average Bonchev–Trinajstić information content (AvgIpc) is 3.23. The number of aromatic amines is 1. The van der Waals surface area contributed by atoms with Gasteiger partial charge in [-0.25, -0.2) is 4.98 Å². The molecule has 0 saturated heterocycles. The zero-order valence-electron chi connectivity index (χ0n) is 12.4. The van der Waals surface area contributed by atoms with Crippen molar-refractivity contribution in [2.75, 3.05) is 5.75 Å². The Bertz CT molecular complexity index is 760. The van der Waals surface area contributed by atoms with Crippen molar-refractivity contribution in [2.45, 2.75) is 25.5 Å². The summed E-state index contributed by atoms with van der Waals surface area (Å²) in [6.45, 7) is 4.59. The van der Waals surface area contributed by atoms with Crippen LogP contribution in [0.3, 0.4) is 0 Å². The quantitative estimate of drug-likeness (QED) is 0.559. The number of ketones is 1. The third-order valence-corrected chi connectivity index (χ3v) is 4.38. The van der Waals surface area contributed by atoms with E-state index in [9.17, 15) is 4.79 Å². The Morgan fingerprint density at radius 2 is 2.32 bits per heavy atom. The van der Waals surface area contributed by atoms with Gasteiger partial charge in [0, 0.05) is 17.0 Å². The fourth-order valence-electron chi connectivity index (χ4n) is 2.36. The SMILES string of the molecule is Cc1cc(C(=O)CSc2ncn[nH]2)c(C)n1Cc1ccco1. The molecule has 0 radical (unpaired) electrons. The van der Waals surface area contributed by atoms with Crippen molar-refractivity contribution in [3.63, 3.8) is 0 Å². The van der Waals surface area contributed by atoms with Crippen molar-refractivity contribution in [2.24, 2.45) is 0 Å². The van der Waals surface area contributed by atoms with Gasteiger partial charge in [0.2, 0.25) is 0 Å². The molecule has 0 aromatic carbocycles. The zero-order chi connectivity index (χ0) is 15.5. The van der Waals surface area contributed by atoms with Crippen LogP contribution >= 0.6 is 11.8 Å². The molecule has 0 aliphatic heterocycles. The summed E-state index contributed by atoms with van der Waals surface area (Å²) in [6, 6.07) is 5.73. The normalized spacial score (nSPS) is 11.0. The number of thioether (sulfide) groups is 1. The Balaban J connectivity index is 1.75. The van der Waals surface area contributed by atoms with Gasteiger partial charge in [-0.2, -0.15) is 5.10 Å². The monoisotopic (exact) mass is 316 g/mol. The van der Waals surface area contributed by atoms with E-state index in [-0.39, 0.29) is 5.78 Å². The lowest BCUT2D eigenvalue weighted by molar-refractivity contribution is 0.102. The molecule has 0 bridgehead atoms. The highest BCUT2D eigenvalue weighted by Crippen LogP contribution is 2.20. The predicted octanol–water partition coefficient (Wildman–Crippen LogP) is 2.84. The summed E-state index contributed by atoms with van der Waals surface area (Å²) in [4.78, 5) is 16.4. The minimum atomic E-state index is 0.0835. The van der Waals surface area contributed by atoms with Crippen molar-refractivity contribution in [3.8, 4) is 0 Å². The number of Topliss-reactive ketones (excluding diaryl/α,β-unsaturated/α-hetero) is 1. The Kier molecular flexibility index (Phi) is 4.15. The highest BCUT2D eigenvalue weighted by atomic mass is 32.2. The summed E-state index contributed by atoms with van der Waals surface area (Å²) in [7, 11) is 0. The van der Waals surface area contributed by atoms with E-state index in [4.69, 9.17) is 4.42 Å². The fourth-order valence-corrected chi connectivity index (χ4v) is 3.02. The first kappa shape index (κ1) is 14.6. The molecule has 0 saturated carbocycles. The third kappa shape index (κ3) is 2.99. The first-order chi connectivity index (χ1) is 10.6. The second-order valence-electron chi connectivity index (χ2n) is 4.95. The number of aryl methyl sites for hydroxylation is 1. The summed E-state index contributed by atoms with van der Waals surface area (Å²) >= 11 is 1.35. The van der Waals surface area contributed by atoms with Crippen LogP contribution < -0.4 is 0 Å². The second-order valence-corrected chi connectivity index (χ2v) is 5.92.